The molecule has 4 nitrogen and oxygen atoms in total. The quantitative estimate of drug-likeness (QED) is 0.835. The monoisotopic (exact) mass is 297 g/mol. The van der Waals surface area contributed by atoms with E-state index in [-0.39, 0.29) is 24.1 Å². The third-order valence-electron chi connectivity index (χ3n) is 3.16. The molecule has 1 N–H and O–H groups in total. The van der Waals surface area contributed by atoms with Crippen LogP contribution in [-0.2, 0) is 21.1 Å². The van der Waals surface area contributed by atoms with E-state index < -0.39 is 9.84 Å². The van der Waals surface area contributed by atoms with Crippen molar-refractivity contribution in [3.05, 3.63) is 35.4 Å². The second-order valence-corrected chi connectivity index (χ2v) is 7.50. The highest BCUT2D eigenvalue weighted by molar-refractivity contribution is 7.90. The number of amides is 1. The zero-order chi connectivity index (χ0) is 15.2. The van der Waals surface area contributed by atoms with Crippen molar-refractivity contribution in [1.82, 2.24) is 5.32 Å². The Morgan fingerprint density at radius 2 is 1.85 bits per heavy atom. The first kappa shape index (κ1) is 16.7. The fourth-order valence-electron chi connectivity index (χ4n) is 1.88. The first-order valence-electron chi connectivity index (χ1n) is 6.83. The Hall–Kier alpha value is -1.36. The van der Waals surface area contributed by atoms with Gasteiger partial charge in [-0.25, -0.2) is 8.42 Å². The van der Waals surface area contributed by atoms with Crippen LogP contribution in [0.5, 0.6) is 0 Å². The Bertz CT molecular complexity index is 535. The minimum Gasteiger partial charge on any atom is -0.353 e. The summed E-state index contributed by atoms with van der Waals surface area (Å²) in [6.45, 7) is 4.05. The first-order valence-corrected chi connectivity index (χ1v) is 8.89. The van der Waals surface area contributed by atoms with Gasteiger partial charge in [-0.15, -0.1) is 0 Å². The second kappa shape index (κ2) is 7.43. The molecule has 1 rings (SSSR count). The molecule has 5 heteroatoms. The average molecular weight is 297 g/mol. The fourth-order valence-corrected chi connectivity index (χ4v) is 2.44. The summed E-state index contributed by atoms with van der Waals surface area (Å²) in [4.78, 5) is 11.7. The minimum absolute atomic E-state index is 0.0310. The van der Waals surface area contributed by atoms with Gasteiger partial charge in [0.1, 0.15) is 9.84 Å². The SMILES string of the molecule is CC[C@H](Cc1ccc(C)cc1)NC(=O)CCS(C)(=O)=O. The van der Waals surface area contributed by atoms with Gasteiger partial charge in [-0.1, -0.05) is 36.8 Å². The fraction of sp³-hybridized carbons (Fsp3) is 0.533. The minimum atomic E-state index is -3.09. The summed E-state index contributed by atoms with van der Waals surface area (Å²) in [7, 11) is -3.09. The topological polar surface area (TPSA) is 63.2 Å². The number of carbonyl (C=O) groups excluding carboxylic acids is 1. The highest BCUT2D eigenvalue weighted by atomic mass is 32.2. The summed E-state index contributed by atoms with van der Waals surface area (Å²) in [6, 6.07) is 8.26. The van der Waals surface area contributed by atoms with Crippen LogP contribution in [0.25, 0.3) is 0 Å². The van der Waals surface area contributed by atoms with E-state index in [1.54, 1.807) is 0 Å². The molecule has 0 heterocycles. The van der Waals surface area contributed by atoms with Crippen LogP contribution in [-0.4, -0.2) is 32.4 Å². The second-order valence-electron chi connectivity index (χ2n) is 5.24. The largest absolute Gasteiger partial charge is 0.353 e. The number of nitrogens with one attached hydrogen (secondary N) is 1. The van der Waals surface area contributed by atoms with Crippen molar-refractivity contribution in [2.75, 3.05) is 12.0 Å². The number of sulfone groups is 1. The van der Waals surface area contributed by atoms with Crippen LogP contribution in [0.4, 0.5) is 0 Å². The molecule has 0 saturated carbocycles. The van der Waals surface area contributed by atoms with Gasteiger partial charge in [0.15, 0.2) is 0 Å². The van der Waals surface area contributed by atoms with Gasteiger partial charge >= 0.3 is 0 Å². The molecule has 0 spiro atoms. The number of hydrogen-bond donors (Lipinski definition) is 1. The molecule has 0 bridgehead atoms. The lowest BCUT2D eigenvalue weighted by Crippen LogP contribution is -2.36. The Balaban J connectivity index is 2.50. The standard InChI is InChI=1S/C15H23NO3S/c1-4-14(11-13-7-5-12(2)6-8-13)16-15(17)9-10-20(3,18)19/h5-8,14H,4,9-11H2,1-3H3,(H,16,17)/t14-/m1/s1. The Morgan fingerprint density at radius 1 is 1.25 bits per heavy atom. The van der Waals surface area contributed by atoms with Gasteiger partial charge in [0, 0.05) is 18.7 Å². The number of aryl methyl sites for hydroxylation is 1. The van der Waals surface area contributed by atoms with Crippen LogP contribution >= 0.6 is 0 Å². The Labute approximate surface area is 121 Å². The molecule has 0 aromatic heterocycles. The van der Waals surface area contributed by atoms with Crippen molar-refractivity contribution in [3.8, 4) is 0 Å². The third-order valence-corrected chi connectivity index (χ3v) is 4.11. The summed E-state index contributed by atoms with van der Waals surface area (Å²) in [5, 5.41) is 2.90. The molecule has 0 aliphatic heterocycles. The highest BCUT2D eigenvalue weighted by Crippen LogP contribution is 2.08. The van der Waals surface area contributed by atoms with Gasteiger partial charge < -0.3 is 5.32 Å². The summed E-state index contributed by atoms with van der Waals surface area (Å²) in [5.41, 5.74) is 2.38. The molecule has 0 fully saturated rings. The van der Waals surface area contributed by atoms with E-state index in [1.807, 2.05) is 26.0 Å². The van der Waals surface area contributed by atoms with Crippen LogP contribution in [0.15, 0.2) is 24.3 Å². The maximum Gasteiger partial charge on any atom is 0.221 e. The average Bonchev–Trinajstić information content (AvgIpc) is 2.37. The lowest BCUT2D eigenvalue weighted by molar-refractivity contribution is -0.121. The highest BCUT2D eigenvalue weighted by Gasteiger charge is 2.13. The molecular weight excluding hydrogens is 274 g/mol. The van der Waals surface area contributed by atoms with Gasteiger partial charge in [-0.3, -0.25) is 4.79 Å². The molecular formula is C15H23NO3S. The molecule has 1 aromatic rings. The maximum atomic E-state index is 11.7. The summed E-state index contributed by atoms with van der Waals surface area (Å²) < 4.78 is 22.1. The lowest BCUT2D eigenvalue weighted by atomic mass is 10.0. The van der Waals surface area contributed by atoms with Crippen molar-refractivity contribution >= 4 is 15.7 Å². The Morgan fingerprint density at radius 3 is 2.35 bits per heavy atom. The van der Waals surface area contributed by atoms with Crippen LogP contribution in [0.3, 0.4) is 0 Å². The molecule has 1 atom stereocenters. The summed E-state index contributed by atoms with van der Waals surface area (Å²) in [5.74, 6) is -0.297. The molecule has 1 amide bonds. The summed E-state index contributed by atoms with van der Waals surface area (Å²) in [6.07, 6.45) is 2.76. The van der Waals surface area contributed by atoms with Gasteiger partial charge in [-0.2, -0.15) is 0 Å². The van der Waals surface area contributed by atoms with E-state index in [2.05, 4.69) is 17.4 Å². The molecule has 0 aliphatic carbocycles. The molecule has 112 valence electrons. The van der Waals surface area contributed by atoms with Gasteiger partial charge in [0.05, 0.1) is 5.75 Å². The molecule has 0 radical (unpaired) electrons. The van der Waals surface area contributed by atoms with E-state index in [9.17, 15) is 13.2 Å². The zero-order valence-electron chi connectivity index (χ0n) is 12.3. The van der Waals surface area contributed by atoms with Crippen LogP contribution < -0.4 is 5.32 Å². The van der Waals surface area contributed by atoms with Crippen LogP contribution in [0.1, 0.15) is 30.9 Å². The van der Waals surface area contributed by atoms with Crippen LogP contribution in [0, 0.1) is 6.92 Å². The van der Waals surface area contributed by atoms with Crippen molar-refractivity contribution in [3.63, 3.8) is 0 Å². The van der Waals surface area contributed by atoms with Gasteiger partial charge in [0.2, 0.25) is 5.91 Å². The van der Waals surface area contributed by atoms with E-state index in [0.717, 1.165) is 19.1 Å². The molecule has 0 aliphatic rings. The van der Waals surface area contributed by atoms with Crippen molar-refractivity contribution < 1.29 is 13.2 Å². The molecule has 20 heavy (non-hydrogen) atoms. The third kappa shape index (κ3) is 6.70. The van der Waals surface area contributed by atoms with Crippen molar-refractivity contribution in [2.45, 2.75) is 39.2 Å². The van der Waals surface area contributed by atoms with E-state index in [4.69, 9.17) is 0 Å². The summed E-state index contributed by atoms with van der Waals surface area (Å²) >= 11 is 0. The smallest absolute Gasteiger partial charge is 0.221 e. The molecule has 0 saturated heterocycles. The van der Waals surface area contributed by atoms with Crippen molar-refractivity contribution in [2.24, 2.45) is 0 Å². The lowest BCUT2D eigenvalue weighted by Gasteiger charge is -2.17. The van der Waals surface area contributed by atoms with Crippen molar-refractivity contribution in [1.29, 1.82) is 0 Å². The van der Waals surface area contributed by atoms with Gasteiger partial charge in [0.25, 0.3) is 0 Å². The van der Waals surface area contributed by atoms with E-state index >= 15 is 0 Å². The van der Waals surface area contributed by atoms with Crippen LogP contribution in [0.2, 0.25) is 0 Å². The number of carbonyl (C=O) groups is 1. The maximum absolute atomic E-state index is 11.7. The Kier molecular flexibility index (Phi) is 6.20. The normalized spacial score (nSPS) is 12.9. The molecule has 0 unspecified atom stereocenters. The predicted octanol–water partition coefficient (Wildman–Crippen LogP) is 1.87. The van der Waals surface area contributed by atoms with E-state index in [1.165, 1.54) is 11.1 Å². The number of benzene rings is 1. The number of rotatable bonds is 7. The van der Waals surface area contributed by atoms with Gasteiger partial charge in [-0.05, 0) is 25.3 Å². The predicted molar refractivity (Wildman–Crippen MR) is 81.4 cm³/mol. The first-order chi connectivity index (χ1) is 9.30. The van der Waals surface area contributed by atoms with E-state index in [0.29, 0.717) is 0 Å². The zero-order valence-corrected chi connectivity index (χ0v) is 13.2. The number of hydrogen-bond acceptors (Lipinski definition) is 3. The molecule has 1 aromatic carbocycles.